The monoisotopic (exact) mass is 236 g/mol. The zero-order chi connectivity index (χ0) is 11.2. The maximum atomic E-state index is 4.18. The lowest BCUT2D eigenvalue weighted by Gasteiger charge is -2.18. The Kier molecular flexibility index (Phi) is 4.67. The number of pyridine rings is 1. The molecule has 0 spiro atoms. The van der Waals surface area contributed by atoms with E-state index in [1.807, 2.05) is 25.5 Å². The van der Waals surface area contributed by atoms with Crippen LogP contribution in [-0.2, 0) is 0 Å². The molecule has 2 rings (SSSR count). The number of aromatic nitrogens is 1. The summed E-state index contributed by atoms with van der Waals surface area (Å²) < 4.78 is 0. The van der Waals surface area contributed by atoms with Crippen LogP contribution in [0.5, 0.6) is 0 Å². The van der Waals surface area contributed by atoms with Gasteiger partial charge in [0.15, 0.2) is 0 Å². The summed E-state index contributed by atoms with van der Waals surface area (Å²) in [5.41, 5.74) is 1.30. The van der Waals surface area contributed by atoms with Crippen LogP contribution in [0.4, 0.5) is 0 Å². The predicted molar refractivity (Wildman–Crippen MR) is 70.8 cm³/mol. The number of hydrogen-bond donors (Lipinski definition) is 1. The topological polar surface area (TPSA) is 24.9 Å². The quantitative estimate of drug-likeness (QED) is 0.850. The van der Waals surface area contributed by atoms with Crippen molar-refractivity contribution in [2.45, 2.75) is 37.0 Å². The molecule has 0 aliphatic heterocycles. The minimum Gasteiger partial charge on any atom is -0.312 e. The number of nitrogens with one attached hydrogen (secondary N) is 1. The van der Waals surface area contributed by atoms with E-state index in [0.717, 1.165) is 11.0 Å². The molecule has 1 saturated carbocycles. The van der Waals surface area contributed by atoms with E-state index in [4.69, 9.17) is 0 Å². The van der Waals surface area contributed by atoms with Crippen molar-refractivity contribution >= 4 is 11.8 Å². The molecule has 0 bridgehead atoms. The summed E-state index contributed by atoms with van der Waals surface area (Å²) in [6.45, 7) is 0. The van der Waals surface area contributed by atoms with Crippen molar-refractivity contribution in [1.82, 2.24) is 10.3 Å². The lowest BCUT2D eigenvalue weighted by Crippen LogP contribution is -2.19. The average molecular weight is 236 g/mol. The first-order valence-corrected chi connectivity index (χ1v) is 7.14. The van der Waals surface area contributed by atoms with Gasteiger partial charge in [-0.25, -0.2) is 0 Å². The van der Waals surface area contributed by atoms with E-state index in [1.165, 1.54) is 31.2 Å². The fraction of sp³-hybridized carbons (Fsp3) is 0.615. The lowest BCUT2D eigenvalue weighted by atomic mass is 10.1. The van der Waals surface area contributed by atoms with Gasteiger partial charge in [-0.1, -0.05) is 18.9 Å². The molecule has 1 aliphatic carbocycles. The maximum Gasteiger partial charge on any atom is 0.0424 e. The molecule has 1 fully saturated rings. The molecule has 0 radical (unpaired) electrons. The molecule has 2 nitrogen and oxygen atoms in total. The Morgan fingerprint density at radius 1 is 1.50 bits per heavy atom. The van der Waals surface area contributed by atoms with Crippen molar-refractivity contribution < 1.29 is 0 Å². The van der Waals surface area contributed by atoms with Crippen LogP contribution in [-0.4, -0.2) is 23.0 Å². The Morgan fingerprint density at radius 2 is 2.31 bits per heavy atom. The SMILES string of the molecule is CNC(CSC1CCCC1)c1cccnc1. The second-order valence-corrected chi connectivity index (χ2v) is 5.70. The molecule has 1 aliphatic rings. The second-order valence-electron chi connectivity index (χ2n) is 4.37. The highest BCUT2D eigenvalue weighted by molar-refractivity contribution is 7.99. The van der Waals surface area contributed by atoms with Crippen molar-refractivity contribution in [1.29, 1.82) is 0 Å². The molecule has 1 aromatic rings. The van der Waals surface area contributed by atoms with Crippen LogP contribution in [0.25, 0.3) is 0 Å². The Hall–Kier alpha value is -0.540. The predicted octanol–water partition coefficient (Wildman–Crippen LogP) is 3.02. The van der Waals surface area contributed by atoms with Crippen LogP contribution in [0.3, 0.4) is 0 Å². The van der Waals surface area contributed by atoms with Gasteiger partial charge in [0.1, 0.15) is 0 Å². The highest BCUT2D eigenvalue weighted by atomic mass is 32.2. The van der Waals surface area contributed by atoms with E-state index in [9.17, 15) is 0 Å². The average Bonchev–Trinajstić information content (AvgIpc) is 2.84. The van der Waals surface area contributed by atoms with Crippen LogP contribution in [0, 0.1) is 0 Å². The van der Waals surface area contributed by atoms with E-state index in [-0.39, 0.29) is 0 Å². The van der Waals surface area contributed by atoms with Crippen LogP contribution in [0.15, 0.2) is 24.5 Å². The fourth-order valence-electron chi connectivity index (χ4n) is 2.22. The maximum absolute atomic E-state index is 4.18. The van der Waals surface area contributed by atoms with Gasteiger partial charge in [0.05, 0.1) is 0 Å². The summed E-state index contributed by atoms with van der Waals surface area (Å²) in [5, 5.41) is 4.28. The Morgan fingerprint density at radius 3 is 2.94 bits per heavy atom. The van der Waals surface area contributed by atoms with Crippen LogP contribution in [0.1, 0.15) is 37.3 Å². The number of hydrogen-bond acceptors (Lipinski definition) is 3. The Balaban J connectivity index is 1.85. The summed E-state index contributed by atoms with van der Waals surface area (Å²) >= 11 is 2.12. The summed E-state index contributed by atoms with van der Waals surface area (Å²) in [5.74, 6) is 1.16. The largest absolute Gasteiger partial charge is 0.312 e. The van der Waals surface area contributed by atoms with Gasteiger partial charge in [0, 0.05) is 29.4 Å². The van der Waals surface area contributed by atoms with Crippen molar-refractivity contribution in [3.63, 3.8) is 0 Å². The normalized spacial score (nSPS) is 18.8. The first kappa shape index (κ1) is 11.9. The van der Waals surface area contributed by atoms with E-state index < -0.39 is 0 Å². The third-order valence-corrected chi connectivity index (χ3v) is 4.70. The van der Waals surface area contributed by atoms with Crippen LogP contribution < -0.4 is 5.32 Å². The molecular weight excluding hydrogens is 216 g/mol. The number of thioether (sulfide) groups is 1. The number of nitrogens with zero attached hydrogens (tertiary/aromatic N) is 1. The zero-order valence-electron chi connectivity index (χ0n) is 9.86. The molecule has 88 valence electrons. The molecular formula is C13H20N2S. The molecule has 3 heteroatoms. The van der Waals surface area contributed by atoms with Crippen molar-refractivity contribution in [2.24, 2.45) is 0 Å². The molecule has 1 atom stereocenters. The lowest BCUT2D eigenvalue weighted by molar-refractivity contribution is 0.657. The highest BCUT2D eigenvalue weighted by Crippen LogP contribution is 2.31. The third kappa shape index (κ3) is 3.22. The van der Waals surface area contributed by atoms with Gasteiger partial charge in [-0.15, -0.1) is 0 Å². The minimum atomic E-state index is 0.444. The van der Waals surface area contributed by atoms with E-state index in [1.54, 1.807) is 0 Å². The third-order valence-electron chi connectivity index (χ3n) is 3.24. The van der Waals surface area contributed by atoms with Gasteiger partial charge in [-0.05, 0) is 31.5 Å². The summed E-state index contributed by atoms with van der Waals surface area (Å²) in [6, 6.07) is 4.61. The Bertz CT molecular complexity index is 296. The Labute approximate surface area is 102 Å². The first-order chi connectivity index (χ1) is 7.90. The summed E-state index contributed by atoms with van der Waals surface area (Å²) in [4.78, 5) is 4.18. The second kappa shape index (κ2) is 6.26. The zero-order valence-corrected chi connectivity index (χ0v) is 10.7. The molecule has 0 amide bonds. The van der Waals surface area contributed by atoms with E-state index in [0.29, 0.717) is 6.04 Å². The van der Waals surface area contributed by atoms with Crippen molar-refractivity contribution in [3.05, 3.63) is 30.1 Å². The molecule has 1 heterocycles. The van der Waals surface area contributed by atoms with Crippen molar-refractivity contribution in [3.8, 4) is 0 Å². The van der Waals surface area contributed by atoms with Gasteiger partial charge in [-0.2, -0.15) is 11.8 Å². The summed E-state index contributed by atoms with van der Waals surface area (Å²) in [7, 11) is 2.03. The fourth-order valence-corrected chi connectivity index (χ4v) is 3.71. The van der Waals surface area contributed by atoms with E-state index in [2.05, 4.69) is 28.1 Å². The molecule has 1 aromatic heterocycles. The van der Waals surface area contributed by atoms with Gasteiger partial charge in [-0.3, -0.25) is 4.98 Å². The van der Waals surface area contributed by atoms with Gasteiger partial charge < -0.3 is 5.32 Å². The van der Waals surface area contributed by atoms with Crippen LogP contribution in [0.2, 0.25) is 0 Å². The molecule has 1 N–H and O–H groups in total. The molecule has 16 heavy (non-hydrogen) atoms. The first-order valence-electron chi connectivity index (χ1n) is 6.09. The standard InChI is InChI=1S/C13H20N2S/c1-14-13(11-5-4-8-15-9-11)10-16-12-6-2-3-7-12/h4-5,8-9,12-14H,2-3,6-7,10H2,1H3. The smallest absolute Gasteiger partial charge is 0.0424 e. The van der Waals surface area contributed by atoms with Crippen molar-refractivity contribution in [2.75, 3.05) is 12.8 Å². The summed E-state index contributed by atoms with van der Waals surface area (Å²) in [6.07, 6.45) is 9.47. The molecule has 0 saturated heterocycles. The molecule has 1 unspecified atom stereocenters. The minimum absolute atomic E-state index is 0.444. The van der Waals surface area contributed by atoms with E-state index >= 15 is 0 Å². The highest BCUT2D eigenvalue weighted by Gasteiger charge is 2.17. The molecule has 0 aromatic carbocycles. The van der Waals surface area contributed by atoms with Gasteiger partial charge in [0.25, 0.3) is 0 Å². The van der Waals surface area contributed by atoms with Crippen LogP contribution >= 0.6 is 11.8 Å². The van der Waals surface area contributed by atoms with Gasteiger partial charge in [0.2, 0.25) is 0 Å². The van der Waals surface area contributed by atoms with Gasteiger partial charge >= 0.3 is 0 Å². The number of rotatable bonds is 5.